The maximum absolute atomic E-state index is 11.5. The molecule has 1 amide bonds. The van der Waals surface area contributed by atoms with E-state index in [-0.39, 0.29) is 5.92 Å². The molecule has 15 heavy (non-hydrogen) atoms. The minimum atomic E-state index is -1.22. The van der Waals surface area contributed by atoms with Crippen LogP contribution in [-0.4, -0.2) is 5.91 Å². The van der Waals surface area contributed by atoms with Crippen LogP contribution in [0.1, 0.15) is 19.4 Å². The first-order valence-corrected chi connectivity index (χ1v) is 4.82. The number of nitrogens with zero attached hydrogens (tertiary/aromatic N) is 1. The van der Waals surface area contributed by atoms with Crippen LogP contribution in [0, 0.1) is 17.2 Å². The number of carbonyl (C=O) groups excluding carboxylic acids is 1. The van der Waals surface area contributed by atoms with Crippen molar-refractivity contribution < 1.29 is 4.79 Å². The minimum absolute atomic E-state index is 0.151. The second kappa shape index (κ2) is 4.14. The summed E-state index contributed by atoms with van der Waals surface area (Å²) in [4.78, 5) is 11.5. The van der Waals surface area contributed by atoms with Gasteiger partial charge in [0.2, 0.25) is 5.91 Å². The standard InChI is InChI=1S/C12H14N2O/c1-9(2)12(8-13,11(14)15)10-6-4-3-5-7-10/h3-7,9H,1-2H3,(H2,14,15)/t12-/m0/s1. The van der Waals surface area contributed by atoms with Gasteiger partial charge in [0.15, 0.2) is 5.41 Å². The normalized spacial score (nSPS) is 14.3. The summed E-state index contributed by atoms with van der Waals surface area (Å²) in [6, 6.07) is 11.0. The summed E-state index contributed by atoms with van der Waals surface area (Å²) in [5.74, 6) is -0.742. The van der Waals surface area contributed by atoms with E-state index in [9.17, 15) is 10.1 Å². The molecule has 3 heteroatoms. The molecule has 1 aromatic rings. The van der Waals surface area contributed by atoms with Gasteiger partial charge in [-0.1, -0.05) is 44.2 Å². The number of amides is 1. The molecular formula is C12H14N2O. The highest BCUT2D eigenvalue weighted by Crippen LogP contribution is 2.31. The molecule has 1 atom stereocenters. The fourth-order valence-corrected chi connectivity index (χ4v) is 1.71. The smallest absolute Gasteiger partial charge is 0.242 e. The Morgan fingerprint density at radius 2 is 1.93 bits per heavy atom. The molecule has 0 fully saturated rings. The molecule has 0 spiro atoms. The van der Waals surface area contributed by atoms with Crippen LogP contribution < -0.4 is 5.73 Å². The number of rotatable bonds is 3. The summed E-state index contributed by atoms with van der Waals surface area (Å²) in [6.07, 6.45) is 0. The van der Waals surface area contributed by atoms with Crippen molar-refractivity contribution in [2.45, 2.75) is 19.3 Å². The molecule has 0 radical (unpaired) electrons. The van der Waals surface area contributed by atoms with Crippen molar-refractivity contribution in [2.24, 2.45) is 11.7 Å². The van der Waals surface area contributed by atoms with Crippen molar-refractivity contribution >= 4 is 5.91 Å². The average Bonchev–Trinajstić information content (AvgIpc) is 2.20. The van der Waals surface area contributed by atoms with E-state index in [2.05, 4.69) is 6.07 Å². The number of primary amides is 1. The molecule has 78 valence electrons. The summed E-state index contributed by atoms with van der Waals surface area (Å²) in [7, 11) is 0. The van der Waals surface area contributed by atoms with Crippen LogP contribution in [0.25, 0.3) is 0 Å². The Morgan fingerprint density at radius 1 is 1.40 bits per heavy atom. The number of hydrogen-bond donors (Lipinski definition) is 1. The van der Waals surface area contributed by atoms with E-state index < -0.39 is 11.3 Å². The quantitative estimate of drug-likeness (QED) is 0.808. The zero-order chi connectivity index (χ0) is 11.5. The van der Waals surface area contributed by atoms with E-state index in [0.29, 0.717) is 5.56 Å². The van der Waals surface area contributed by atoms with Crippen LogP contribution in [0.2, 0.25) is 0 Å². The molecule has 0 aromatic heterocycles. The molecule has 3 nitrogen and oxygen atoms in total. The van der Waals surface area contributed by atoms with E-state index in [1.165, 1.54) is 0 Å². The van der Waals surface area contributed by atoms with Gasteiger partial charge in [-0.15, -0.1) is 0 Å². The van der Waals surface area contributed by atoms with Crippen molar-refractivity contribution in [1.29, 1.82) is 5.26 Å². The van der Waals surface area contributed by atoms with Gasteiger partial charge in [-0.2, -0.15) is 5.26 Å². The lowest BCUT2D eigenvalue weighted by atomic mass is 9.72. The number of hydrogen-bond acceptors (Lipinski definition) is 2. The molecule has 0 bridgehead atoms. The third-order valence-electron chi connectivity index (χ3n) is 2.66. The van der Waals surface area contributed by atoms with Crippen LogP contribution in [0.15, 0.2) is 30.3 Å². The van der Waals surface area contributed by atoms with Crippen molar-refractivity contribution in [1.82, 2.24) is 0 Å². The largest absolute Gasteiger partial charge is 0.368 e. The summed E-state index contributed by atoms with van der Waals surface area (Å²) in [5.41, 5.74) is 4.79. The lowest BCUT2D eigenvalue weighted by molar-refractivity contribution is -0.122. The Labute approximate surface area is 89.5 Å². The molecule has 2 N–H and O–H groups in total. The van der Waals surface area contributed by atoms with E-state index >= 15 is 0 Å². The second-order valence-electron chi connectivity index (χ2n) is 3.80. The van der Waals surface area contributed by atoms with Crippen LogP contribution in [0.3, 0.4) is 0 Å². The Balaban J connectivity index is 3.37. The lowest BCUT2D eigenvalue weighted by Gasteiger charge is -2.27. The number of nitriles is 1. The highest BCUT2D eigenvalue weighted by atomic mass is 16.1. The number of nitrogens with two attached hydrogens (primary N) is 1. The van der Waals surface area contributed by atoms with E-state index in [4.69, 9.17) is 5.73 Å². The average molecular weight is 202 g/mol. The Kier molecular flexibility index (Phi) is 3.11. The highest BCUT2D eigenvalue weighted by molar-refractivity contribution is 5.90. The predicted molar refractivity (Wildman–Crippen MR) is 57.8 cm³/mol. The van der Waals surface area contributed by atoms with Gasteiger partial charge in [0, 0.05) is 0 Å². The van der Waals surface area contributed by atoms with Gasteiger partial charge in [-0.3, -0.25) is 4.79 Å². The maximum atomic E-state index is 11.5. The topological polar surface area (TPSA) is 66.9 Å². The SMILES string of the molecule is CC(C)[C@](C#N)(C(N)=O)c1ccccc1. The minimum Gasteiger partial charge on any atom is -0.368 e. The Morgan fingerprint density at radius 3 is 2.27 bits per heavy atom. The fourth-order valence-electron chi connectivity index (χ4n) is 1.71. The van der Waals surface area contributed by atoms with Gasteiger partial charge in [0.25, 0.3) is 0 Å². The molecule has 0 aliphatic carbocycles. The third kappa shape index (κ3) is 1.71. The third-order valence-corrected chi connectivity index (χ3v) is 2.66. The van der Waals surface area contributed by atoms with Crippen LogP contribution in [0.4, 0.5) is 0 Å². The molecule has 0 heterocycles. The molecule has 0 aliphatic rings. The maximum Gasteiger partial charge on any atom is 0.242 e. The first-order chi connectivity index (χ1) is 7.05. The van der Waals surface area contributed by atoms with Crippen molar-refractivity contribution in [3.8, 4) is 6.07 Å². The van der Waals surface area contributed by atoms with Gasteiger partial charge in [-0.25, -0.2) is 0 Å². The van der Waals surface area contributed by atoms with Gasteiger partial charge in [0.1, 0.15) is 0 Å². The summed E-state index contributed by atoms with van der Waals surface area (Å²) in [6.45, 7) is 3.64. The molecule has 1 aromatic carbocycles. The zero-order valence-electron chi connectivity index (χ0n) is 8.90. The van der Waals surface area contributed by atoms with Crippen molar-refractivity contribution in [3.63, 3.8) is 0 Å². The molecule has 0 saturated heterocycles. The first-order valence-electron chi connectivity index (χ1n) is 4.82. The Bertz CT molecular complexity index is 392. The molecule has 0 aliphatic heterocycles. The first kappa shape index (κ1) is 11.3. The summed E-state index contributed by atoms with van der Waals surface area (Å²) < 4.78 is 0. The Hall–Kier alpha value is -1.82. The summed E-state index contributed by atoms with van der Waals surface area (Å²) >= 11 is 0. The van der Waals surface area contributed by atoms with Crippen LogP contribution in [0.5, 0.6) is 0 Å². The zero-order valence-corrected chi connectivity index (χ0v) is 8.90. The van der Waals surface area contributed by atoms with Gasteiger partial charge in [-0.05, 0) is 11.5 Å². The molecule has 1 rings (SSSR count). The molecular weight excluding hydrogens is 188 g/mol. The monoisotopic (exact) mass is 202 g/mol. The van der Waals surface area contributed by atoms with E-state index in [0.717, 1.165) is 0 Å². The van der Waals surface area contributed by atoms with Crippen LogP contribution in [-0.2, 0) is 10.2 Å². The van der Waals surface area contributed by atoms with E-state index in [1.54, 1.807) is 24.3 Å². The highest BCUT2D eigenvalue weighted by Gasteiger charge is 2.42. The predicted octanol–water partition coefficient (Wildman–Crippen LogP) is 1.59. The van der Waals surface area contributed by atoms with Crippen molar-refractivity contribution in [2.75, 3.05) is 0 Å². The summed E-state index contributed by atoms with van der Waals surface area (Å²) in [5, 5.41) is 9.22. The number of benzene rings is 1. The van der Waals surface area contributed by atoms with Gasteiger partial charge >= 0.3 is 0 Å². The van der Waals surface area contributed by atoms with E-state index in [1.807, 2.05) is 19.9 Å². The fraction of sp³-hybridized carbons (Fsp3) is 0.333. The second-order valence-corrected chi connectivity index (χ2v) is 3.80. The van der Waals surface area contributed by atoms with Gasteiger partial charge in [0.05, 0.1) is 6.07 Å². The molecule has 0 unspecified atom stereocenters. The molecule has 0 saturated carbocycles. The van der Waals surface area contributed by atoms with Crippen molar-refractivity contribution in [3.05, 3.63) is 35.9 Å². The van der Waals surface area contributed by atoms with Gasteiger partial charge < -0.3 is 5.73 Å². The van der Waals surface area contributed by atoms with Crippen LogP contribution >= 0.6 is 0 Å². The number of carbonyl (C=O) groups is 1. The lowest BCUT2D eigenvalue weighted by Crippen LogP contribution is -2.44.